The van der Waals surface area contributed by atoms with E-state index in [9.17, 15) is 9.18 Å². The first kappa shape index (κ1) is 24.4. The molecule has 178 valence electrons. The van der Waals surface area contributed by atoms with E-state index in [0.717, 1.165) is 26.9 Å². The summed E-state index contributed by atoms with van der Waals surface area (Å²) < 4.78 is 20.2. The number of nitrogens with one attached hydrogen (secondary N) is 2. The highest BCUT2D eigenvalue weighted by Gasteiger charge is 2.35. The van der Waals surface area contributed by atoms with Crippen LogP contribution in [-0.2, 0) is 4.79 Å². The van der Waals surface area contributed by atoms with Crippen molar-refractivity contribution in [2.45, 2.75) is 13.0 Å². The Morgan fingerprint density at radius 1 is 1.35 bits per heavy atom. The van der Waals surface area contributed by atoms with Gasteiger partial charge in [-0.2, -0.15) is 4.39 Å². The first-order valence-corrected chi connectivity index (χ1v) is 12.4. The minimum absolute atomic E-state index is 0.0358. The number of halogens is 2. The molecule has 1 aliphatic heterocycles. The van der Waals surface area contributed by atoms with E-state index in [0.29, 0.717) is 31.8 Å². The molecule has 2 unspecified atom stereocenters. The summed E-state index contributed by atoms with van der Waals surface area (Å²) in [6, 6.07) is 9.28. The Balaban J connectivity index is 1.30. The van der Waals surface area contributed by atoms with Crippen LogP contribution in [0.1, 0.15) is 12.5 Å². The highest BCUT2D eigenvalue weighted by atomic mass is 127. The number of amides is 1. The second kappa shape index (κ2) is 11.1. The minimum atomic E-state index is -0.609. The fourth-order valence-corrected chi connectivity index (χ4v) is 4.76. The van der Waals surface area contributed by atoms with Crippen LogP contribution >= 0.6 is 22.6 Å². The maximum absolute atomic E-state index is 13.6. The Morgan fingerprint density at radius 3 is 3.00 bits per heavy atom. The van der Waals surface area contributed by atoms with Crippen molar-refractivity contribution in [1.82, 2.24) is 15.2 Å². The lowest BCUT2D eigenvalue weighted by Gasteiger charge is -2.37. The Morgan fingerprint density at radius 2 is 2.21 bits per heavy atom. The van der Waals surface area contributed by atoms with Crippen molar-refractivity contribution in [2.24, 2.45) is 5.92 Å². The number of aromatic nitrogens is 1. The molecule has 0 spiro atoms. The van der Waals surface area contributed by atoms with Crippen molar-refractivity contribution >= 4 is 39.8 Å². The largest absolute Gasteiger partial charge is 0.487 e. The van der Waals surface area contributed by atoms with Crippen molar-refractivity contribution in [1.29, 1.82) is 0 Å². The molecule has 0 saturated heterocycles. The van der Waals surface area contributed by atoms with Gasteiger partial charge < -0.3 is 15.4 Å². The number of allylic oxidation sites excluding steroid dienone is 2. The number of pyridine rings is 1. The van der Waals surface area contributed by atoms with Gasteiger partial charge in [0.15, 0.2) is 5.75 Å². The summed E-state index contributed by atoms with van der Waals surface area (Å²) in [6.45, 7) is 9.29. The zero-order valence-corrected chi connectivity index (χ0v) is 21.2. The topological polar surface area (TPSA) is 66.5 Å². The summed E-state index contributed by atoms with van der Waals surface area (Å²) in [5.41, 5.74) is 3.83. The number of fused-ring (bicyclic) bond motifs is 2. The summed E-state index contributed by atoms with van der Waals surface area (Å²) in [6.07, 6.45) is 7.31. The van der Waals surface area contributed by atoms with Crippen LogP contribution in [0.3, 0.4) is 0 Å². The van der Waals surface area contributed by atoms with E-state index in [1.807, 2.05) is 31.2 Å². The van der Waals surface area contributed by atoms with Gasteiger partial charge in [0, 0.05) is 52.1 Å². The molecular weight excluding hydrogens is 546 g/mol. The highest BCUT2D eigenvalue weighted by Crippen LogP contribution is 2.41. The fraction of sp³-hybridized carbons (Fsp3) is 0.308. The van der Waals surface area contributed by atoms with Crippen LogP contribution in [0.15, 0.2) is 66.9 Å². The molecule has 4 rings (SSSR count). The minimum Gasteiger partial charge on any atom is -0.487 e. The summed E-state index contributed by atoms with van der Waals surface area (Å²) in [5, 5.41) is 6.59. The number of likely N-dealkylation sites (N-methyl/N-ethyl adjacent to an activating group) is 1. The first-order chi connectivity index (χ1) is 16.5. The molecule has 8 heteroatoms. The molecule has 0 saturated carbocycles. The maximum Gasteiger partial charge on any atom is 0.255 e. The molecule has 6 nitrogen and oxygen atoms in total. The summed E-state index contributed by atoms with van der Waals surface area (Å²) >= 11 is 2.30. The third-order valence-electron chi connectivity index (χ3n) is 6.14. The van der Waals surface area contributed by atoms with Crippen LogP contribution < -0.4 is 15.4 Å². The number of hydrogen-bond donors (Lipinski definition) is 2. The van der Waals surface area contributed by atoms with E-state index >= 15 is 0 Å². The molecule has 2 N–H and O–H groups in total. The van der Waals surface area contributed by atoms with E-state index < -0.39 is 5.95 Å². The molecule has 0 fully saturated rings. The number of anilines is 1. The first-order valence-electron chi connectivity index (χ1n) is 11.4. The van der Waals surface area contributed by atoms with Gasteiger partial charge in [0.2, 0.25) is 5.91 Å². The number of ether oxygens (including phenoxy) is 1. The van der Waals surface area contributed by atoms with Gasteiger partial charge in [0.25, 0.3) is 5.95 Å². The molecule has 1 aromatic carbocycles. The number of benzene rings is 1. The molecular formula is C26H28FIN4O2. The van der Waals surface area contributed by atoms with Crippen LogP contribution in [0.2, 0.25) is 0 Å². The number of hydrogen-bond acceptors (Lipinski definition) is 5. The van der Waals surface area contributed by atoms with Gasteiger partial charge in [-0.15, -0.1) is 0 Å². The van der Waals surface area contributed by atoms with Crippen molar-refractivity contribution < 1.29 is 13.9 Å². The smallest absolute Gasteiger partial charge is 0.255 e. The standard InChI is InChI=1S/C26H28FIN4O2/c1-3-32(14-15-34-23-8-5-11-29-25(23)27)13-12-30-26(33)20-7-4-6-19-17(2)21-16-18(28)9-10-22(21)31-24(19)20/h4-11,16,19,24,31H,2-3,12-15H2,1H3,(H,30,33). The van der Waals surface area contributed by atoms with Crippen molar-refractivity contribution in [3.8, 4) is 5.75 Å². The third kappa shape index (κ3) is 5.50. The monoisotopic (exact) mass is 574 g/mol. The normalized spacial score (nSPS) is 18.6. The Hall–Kier alpha value is -2.72. The van der Waals surface area contributed by atoms with E-state index in [2.05, 4.69) is 61.8 Å². The van der Waals surface area contributed by atoms with E-state index in [1.165, 1.54) is 6.20 Å². The maximum atomic E-state index is 13.6. The van der Waals surface area contributed by atoms with E-state index in [1.54, 1.807) is 12.1 Å². The second-order valence-corrected chi connectivity index (χ2v) is 9.45. The van der Waals surface area contributed by atoms with Gasteiger partial charge in [-0.25, -0.2) is 4.98 Å². The molecule has 0 radical (unpaired) electrons. The van der Waals surface area contributed by atoms with Gasteiger partial charge in [-0.1, -0.05) is 31.7 Å². The lowest BCUT2D eigenvalue weighted by molar-refractivity contribution is -0.117. The molecule has 2 aromatic rings. The van der Waals surface area contributed by atoms with Crippen LogP contribution in [0.5, 0.6) is 5.75 Å². The Labute approximate surface area is 213 Å². The Bertz CT molecular complexity index is 1130. The molecule has 1 aromatic heterocycles. The predicted octanol–water partition coefficient (Wildman–Crippen LogP) is 4.26. The van der Waals surface area contributed by atoms with Gasteiger partial charge in [-0.3, -0.25) is 9.69 Å². The van der Waals surface area contributed by atoms with Crippen LogP contribution in [0.4, 0.5) is 10.1 Å². The number of rotatable bonds is 9. The van der Waals surface area contributed by atoms with Gasteiger partial charge >= 0.3 is 0 Å². The average Bonchev–Trinajstić information content (AvgIpc) is 2.84. The van der Waals surface area contributed by atoms with Crippen LogP contribution in [0.25, 0.3) is 5.57 Å². The number of carbonyl (C=O) groups excluding carboxylic acids is 1. The molecule has 2 aliphatic rings. The summed E-state index contributed by atoms with van der Waals surface area (Å²) in [7, 11) is 0. The molecule has 2 atom stereocenters. The van der Waals surface area contributed by atoms with Gasteiger partial charge in [-0.05, 0) is 65.0 Å². The fourth-order valence-electron chi connectivity index (χ4n) is 4.27. The van der Waals surface area contributed by atoms with E-state index in [4.69, 9.17) is 4.74 Å². The molecule has 0 bridgehead atoms. The average molecular weight is 574 g/mol. The van der Waals surface area contributed by atoms with Crippen LogP contribution in [-0.4, -0.2) is 54.6 Å². The quantitative estimate of drug-likeness (QED) is 0.346. The van der Waals surface area contributed by atoms with Gasteiger partial charge in [0.05, 0.1) is 6.04 Å². The van der Waals surface area contributed by atoms with Crippen molar-refractivity contribution in [3.05, 3.63) is 82.0 Å². The second-order valence-electron chi connectivity index (χ2n) is 8.20. The molecule has 34 heavy (non-hydrogen) atoms. The molecule has 1 amide bonds. The zero-order chi connectivity index (χ0) is 24.1. The summed E-state index contributed by atoms with van der Waals surface area (Å²) in [5.74, 6) is -0.509. The Kier molecular flexibility index (Phi) is 7.99. The number of carbonyl (C=O) groups is 1. The SMILES string of the molecule is C=C1c2cc(I)ccc2NC2C(C(=O)NCCN(CC)CCOc3cccnc3F)=CC=CC12. The van der Waals surface area contributed by atoms with Gasteiger partial charge in [0.1, 0.15) is 6.61 Å². The number of nitrogens with zero attached hydrogens (tertiary/aromatic N) is 2. The van der Waals surface area contributed by atoms with Crippen molar-refractivity contribution in [3.63, 3.8) is 0 Å². The highest BCUT2D eigenvalue weighted by molar-refractivity contribution is 14.1. The van der Waals surface area contributed by atoms with E-state index in [-0.39, 0.29) is 23.6 Å². The third-order valence-corrected chi connectivity index (χ3v) is 6.81. The zero-order valence-electron chi connectivity index (χ0n) is 19.1. The lowest BCUT2D eigenvalue weighted by Crippen LogP contribution is -2.43. The summed E-state index contributed by atoms with van der Waals surface area (Å²) in [4.78, 5) is 18.8. The molecule has 2 heterocycles. The molecule has 1 aliphatic carbocycles. The van der Waals surface area contributed by atoms with Crippen molar-refractivity contribution in [2.75, 3.05) is 38.1 Å². The lowest BCUT2D eigenvalue weighted by atomic mass is 9.77. The van der Waals surface area contributed by atoms with Crippen LogP contribution in [0, 0.1) is 15.4 Å². The predicted molar refractivity (Wildman–Crippen MR) is 141 cm³/mol.